The highest BCUT2D eigenvalue weighted by Crippen LogP contribution is 2.27. The molecular weight excluding hydrogens is 272 g/mol. The Bertz CT molecular complexity index is 661. The van der Waals surface area contributed by atoms with Gasteiger partial charge in [-0.3, -0.25) is 0 Å². The highest BCUT2D eigenvalue weighted by Gasteiger charge is 2.27. The Hall–Kier alpha value is -2.34. The van der Waals surface area contributed by atoms with Crippen LogP contribution in [0.25, 0.3) is 0 Å². The van der Waals surface area contributed by atoms with Gasteiger partial charge in [-0.25, -0.2) is 9.78 Å². The molecule has 0 aliphatic heterocycles. The van der Waals surface area contributed by atoms with Crippen LogP contribution in [0, 0.1) is 13.8 Å². The summed E-state index contributed by atoms with van der Waals surface area (Å²) < 4.78 is 5.42. The molecule has 0 bridgehead atoms. The zero-order valence-corrected chi connectivity index (χ0v) is 12.2. The molecule has 0 aliphatic rings. The second-order valence-corrected chi connectivity index (χ2v) is 5.17. The Morgan fingerprint density at radius 2 is 2.14 bits per heavy atom. The maximum absolute atomic E-state index is 10.9. The average Bonchev–Trinajstić information content (AvgIpc) is 2.77. The van der Waals surface area contributed by atoms with E-state index in [9.17, 15) is 9.90 Å². The number of aromatic nitrogens is 1. The molecule has 0 saturated carbocycles. The first-order chi connectivity index (χ1) is 9.79. The van der Waals surface area contributed by atoms with E-state index in [0.29, 0.717) is 17.1 Å². The predicted octanol–water partition coefficient (Wildman–Crippen LogP) is 2.31. The molecule has 2 heterocycles. The van der Waals surface area contributed by atoms with Crippen LogP contribution in [0.2, 0.25) is 0 Å². The van der Waals surface area contributed by atoms with E-state index in [-0.39, 0.29) is 12.2 Å². The van der Waals surface area contributed by atoms with E-state index in [1.54, 1.807) is 32.0 Å². The summed E-state index contributed by atoms with van der Waals surface area (Å²) >= 11 is 0. The van der Waals surface area contributed by atoms with Crippen LogP contribution in [0.1, 0.15) is 34.5 Å². The molecule has 0 spiro atoms. The number of hydrogen-bond donors (Lipinski definition) is 3. The number of furan rings is 1. The molecule has 0 radical (unpaired) electrons. The third kappa shape index (κ3) is 3.41. The van der Waals surface area contributed by atoms with Crippen molar-refractivity contribution in [2.75, 3.05) is 11.9 Å². The van der Waals surface area contributed by atoms with Crippen molar-refractivity contribution in [3.63, 3.8) is 0 Å². The molecule has 1 atom stereocenters. The summed E-state index contributed by atoms with van der Waals surface area (Å²) in [5, 5.41) is 22.4. The number of nitrogens with one attached hydrogen (secondary N) is 1. The molecule has 1 unspecified atom stereocenters. The molecular formula is C15H18N2O4. The molecule has 0 fully saturated rings. The van der Waals surface area contributed by atoms with Crippen molar-refractivity contribution < 1.29 is 19.4 Å². The predicted molar refractivity (Wildman–Crippen MR) is 77.4 cm³/mol. The number of carboxylic acid groups (broad SMARTS) is 1. The van der Waals surface area contributed by atoms with Crippen molar-refractivity contribution in [2.24, 2.45) is 0 Å². The molecule has 2 aromatic heterocycles. The van der Waals surface area contributed by atoms with E-state index in [1.165, 1.54) is 6.07 Å². The van der Waals surface area contributed by atoms with Gasteiger partial charge in [-0.1, -0.05) is 6.07 Å². The van der Waals surface area contributed by atoms with E-state index < -0.39 is 11.6 Å². The highest BCUT2D eigenvalue weighted by molar-refractivity contribution is 5.85. The minimum absolute atomic E-state index is 0.0463. The second-order valence-electron chi connectivity index (χ2n) is 5.17. The topological polar surface area (TPSA) is 95.6 Å². The third-order valence-corrected chi connectivity index (χ3v) is 3.20. The molecule has 0 aliphatic carbocycles. The Labute approximate surface area is 122 Å². The number of rotatable bonds is 5. The average molecular weight is 290 g/mol. The van der Waals surface area contributed by atoms with E-state index in [2.05, 4.69) is 10.3 Å². The Morgan fingerprint density at radius 1 is 1.43 bits per heavy atom. The van der Waals surface area contributed by atoms with Gasteiger partial charge >= 0.3 is 5.97 Å². The van der Waals surface area contributed by atoms with Crippen molar-refractivity contribution in [3.8, 4) is 0 Å². The van der Waals surface area contributed by atoms with E-state index in [0.717, 1.165) is 5.76 Å². The van der Waals surface area contributed by atoms with Gasteiger partial charge in [0.1, 0.15) is 22.9 Å². The Morgan fingerprint density at radius 3 is 2.71 bits per heavy atom. The van der Waals surface area contributed by atoms with Gasteiger partial charge in [0.2, 0.25) is 0 Å². The van der Waals surface area contributed by atoms with Gasteiger partial charge in [-0.05, 0) is 39.0 Å². The lowest BCUT2D eigenvalue weighted by Crippen LogP contribution is -2.31. The summed E-state index contributed by atoms with van der Waals surface area (Å²) in [7, 11) is 0. The van der Waals surface area contributed by atoms with Gasteiger partial charge in [-0.15, -0.1) is 0 Å². The number of anilines is 1. The molecule has 6 nitrogen and oxygen atoms in total. The lowest BCUT2D eigenvalue weighted by atomic mass is 9.96. The summed E-state index contributed by atoms with van der Waals surface area (Å²) in [5.74, 6) is 0.695. The number of pyridine rings is 1. The minimum atomic E-state index is -1.15. The standard InChI is InChI=1S/C15H18N2O4/c1-9-7-11(10(2)21-9)15(3,20)8-16-13-6-4-5-12(17-13)14(18)19/h4-7,20H,8H2,1-3H3,(H,16,17)(H,18,19). The molecule has 2 aromatic rings. The summed E-state index contributed by atoms with van der Waals surface area (Å²) in [6, 6.07) is 6.45. The molecule has 2 rings (SSSR count). The van der Waals surface area contributed by atoms with Gasteiger partial charge in [0.25, 0.3) is 0 Å². The van der Waals surface area contributed by atoms with Gasteiger partial charge in [0, 0.05) is 12.1 Å². The van der Waals surface area contributed by atoms with Crippen LogP contribution in [-0.4, -0.2) is 27.7 Å². The zero-order chi connectivity index (χ0) is 15.6. The summed E-state index contributed by atoms with van der Waals surface area (Å²) in [6.45, 7) is 5.46. The van der Waals surface area contributed by atoms with E-state index >= 15 is 0 Å². The van der Waals surface area contributed by atoms with Gasteiger partial charge in [0.05, 0.1) is 0 Å². The zero-order valence-electron chi connectivity index (χ0n) is 12.2. The second kappa shape index (κ2) is 5.57. The lowest BCUT2D eigenvalue weighted by molar-refractivity contribution is 0.0690. The Balaban J connectivity index is 2.13. The first kappa shape index (κ1) is 15.1. The van der Waals surface area contributed by atoms with Crippen LogP contribution in [0.15, 0.2) is 28.7 Å². The fraction of sp³-hybridized carbons (Fsp3) is 0.333. The first-order valence-corrected chi connectivity index (χ1v) is 6.54. The van der Waals surface area contributed by atoms with Crippen LogP contribution >= 0.6 is 0 Å². The molecule has 0 saturated heterocycles. The lowest BCUT2D eigenvalue weighted by Gasteiger charge is -2.23. The third-order valence-electron chi connectivity index (χ3n) is 3.20. The van der Waals surface area contributed by atoms with Crippen molar-refractivity contribution in [1.82, 2.24) is 4.98 Å². The number of carbonyl (C=O) groups is 1. The number of carboxylic acids is 1. The SMILES string of the molecule is Cc1cc(C(C)(O)CNc2cccc(C(=O)O)n2)c(C)o1. The van der Waals surface area contributed by atoms with Gasteiger partial charge < -0.3 is 19.9 Å². The van der Waals surface area contributed by atoms with Crippen molar-refractivity contribution in [2.45, 2.75) is 26.4 Å². The van der Waals surface area contributed by atoms with Crippen molar-refractivity contribution in [3.05, 3.63) is 47.0 Å². The van der Waals surface area contributed by atoms with Crippen LogP contribution in [0.5, 0.6) is 0 Å². The number of aromatic carboxylic acids is 1. The molecule has 0 aromatic carbocycles. The maximum Gasteiger partial charge on any atom is 0.354 e. The highest BCUT2D eigenvalue weighted by atomic mass is 16.4. The number of aryl methyl sites for hydroxylation is 2. The summed E-state index contributed by atoms with van der Waals surface area (Å²) in [4.78, 5) is 14.8. The van der Waals surface area contributed by atoms with E-state index in [1.807, 2.05) is 6.92 Å². The normalized spacial score (nSPS) is 13.7. The number of nitrogens with zero attached hydrogens (tertiary/aromatic N) is 1. The van der Waals surface area contributed by atoms with Crippen LogP contribution in [0.3, 0.4) is 0 Å². The molecule has 21 heavy (non-hydrogen) atoms. The largest absolute Gasteiger partial charge is 0.477 e. The smallest absolute Gasteiger partial charge is 0.354 e. The Kier molecular flexibility index (Phi) is 3.99. The van der Waals surface area contributed by atoms with E-state index in [4.69, 9.17) is 9.52 Å². The van der Waals surface area contributed by atoms with Gasteiger partial charge in [0.15, 0.2) is 5.69 Å². The van der Waals surface area contributed by atoms with Crippen LogP contribution in [-0.2, 0) is 5.60 Å². The quantitative estimate of drug-likeness (QED) is 0.782. The number of hydrogen-bond acceptors (Lipinski definition) is 5. The maximum atomic E-state index is 10.9. The van der Waals surface area contributed by atoms with Crippen molar-refractivity contribution in [1.29, 1.82) is 0 Å². The molecule has 3 N–H and O–H groups in total. The summed E-state index contributed by atoms with van der Waals surface area (Å²) in [6.07, 6.45) is 0. The monoisotopic (exact) mass is 290 g/mol. The van der Waals surface area contributed by atoms with Gasteiger partial charge in [-0.2, -0.15) is 0 Å². The van der Waals surface area contributed by atoms with Crippen LogP contribution < -0.4 is 5.32 Å². The van der Waals surface area contributed by atoms with Crippen LogP contribution in [0.4, 0.5) is 5.82 Å². The van der Waals surface area contributed by atoms with Crippen molar-refractivity contribution >= 4 is 11.8 Å². The molecule has 0 amide bonds. The first-order valence-electron chi connectivity index (χ1n) is 6.54. The minimum Gasteiger partial charge on any atom is -0.477 e. The molecule has 6 heteroatoms. The number of aliphatic hydroxyl groups is 1. The molecule has 112 valence electrons. The fourth-order valence-corrected chi connectivity index (χ4v) is 2.18. The summed E-state index contributed by atoms with van der Waals surface area (Å²) in [5.41, 5.74) is -0.500. The fourth-order valence-electron chi connectivity index (χ4n) is 2.18.